The molecule has 0 spiro atoms. The number of methoxy groups -OCH3 is 1. The molecule has 0 unspecified atom stereocenters. The molecule has 4 nitrogen and oxygen atoms in total. The number of hydrogen-bond acceptors (Lipinski definition) is 2. The smallest absolute Gasteiger partial charge is 0.411 e. The van der Waals surface area contributed by atoms with Crippen LogP contribution >= 0.6 is 0 Å². The van der Waals surface area contributed by atoms with Crippen molar-refractivity contribution in [2.45, 2.75) is 19.3 Å². The maximum absolute atomic E-state index is 10.7. The first-order valence-corrected chi connectivity index (χ1v) is 3.98. The Balaban J connectivity index is 2.67. The Hall–Kier alpha value is -1.19. The van der Waals surface area contributed by atoms with Crippen molar-refractivity contribution in [1.82, 2.24) is 4.90 Å². The van der Waals surface area contributed by atoms with E-state index >= 15 is 0 Å². The zero-order chi connectivity index (χ0) is 8.97. The molecule has 1 aliphatic rings. The van der Waals surface area contributed by atoms with Crippen LogP contribution in [0, 0.1) is 0 Å². The predicted octanol–water partition coefficient (Wildman–Crippen LogP) is 1.64. The van der Waals surface area contributed by atoms with Crippen molar-refractivity contribution in [2.75, 3.05) is 13.7 Å². The Morgan fingerprint density at radius 1 is 1.67 bits per heavy atom. The summed E-state index contributed by atoms with van der Waals surface area (Å²) >= 11 is 0. The van der Waals surface area contributed by atoms with E-state index in [9.17, 15) is 4.79 Å². The van der Waals surface area contributed by atoms with Crippen molar-refractivity contribution in [1.29, 1.82) is 0 Å². The Kier molecular flexibility index (Phi) is 2.96. The van der Waals surface area contributed by atoms with Gasteiger partial charge in [0.15, 0.2) is 0 Å². The molecule has 1 N–H and O–H groups in total. The molecule has 0 aromatic carbocycles. The number of carboxylic acid groups (broad SMARTS) is 1. The number of ether oxygens (including phenoxy) is 1. The van der Waals surface area contributed by atoms with Gasteiger partial charge in [0, 0.05) is 6.54 Å². The van der Waals surface area contributed by atoms with Crippen molar-refractivity contribution >= 4 is 6.09 Å². The number of nitrogens with zero attached hydrogens (tertiary/aromatic N) is 1. The van der Waals surface area contributed by atoms with Crippen LogP contribution in [0.25, 0.3) is 0 Å². The normalized spacial score (nSPS) is 21.1. The molecule has 1 fully saturated rings. The summed E-state index contributed by atoms with van der Waals surface area (Å²) in [5, 5.41) is 8.76. The van der Waals surface area contributed by atoms with E-state index in [1.165, 1.54) is 18.3 Å². The lowest BCUT2D eigenvalue weighted by atomic mass is 10.1. The van der Waals surface area contributed by atoms with Gasteiger partial charge < -0.3 is 9.84 Å². The average molecular weight is 171 g/mol. The second kappa shape index (κ2) is 3.99. The fourth-order valence-corrected chi connectivity index (χ4v) is 1.33. The first-order valence-electron chi connectivity index (χ1n) is 3.98. The van der Waals surface area contributed by atoms with Gasteiger partial charge in [-0.05, 0) is 19.3 Å². The predicted molar refractivity (Wildman–Crippen MR) is 43.7 cm³/mol. The molecule has 68 valence electrons. The lowest BCUT2D eigenvalue weighted by Crippen LogP contribution is -2.32. The fraction of sp³-hybridized carbons (Fsp3) is 0.625. The van der Waals surface area contributed by atoms with Crippen LogP contribution in [0.15, 0.2) is 12.0 Å². The van der Waals surface area contributed by atoms with Gasteiger partial charge in [-0.2, -0.15) is 0 Å². The van der Waals surface area contributed by atoms with Gasteiger partial charge in [-0.1, -0.05) is 0 Å². The first-order chi connectivity index (χ1) is 5.75. The second-order valence-electron chi connectivity index (χ2n) is 2.74. The second-order valence-corrected chi connectivity index (χ2v) is 2.74. The van der Waals surface area contributed by atoms with Crippen LogP contribution in [0.5, 0.6) is 0 Å². The van der Waals surface area contributed by atoms with Gasteiger partial charge in [-0.25, -0.2) is 4.79 Å². The number of allylic oxidation sites excluding steroid dienone is 1. The monoisotopic (exact) mass is 171 g/mol. The minimum absolute atomic E-state index is 0.588. The van der Waals surface area contributed by atoms with E-state index < -0.39 is 6.09 Å². The van der Waals surface area contributed by atoms with Crippen LogP contribution in [0.4, 0.5) is 4.79 Å². The Morgan fingerprint density at radius 2 is 2.42 bits per heavy atom. The van der Waals surface area contributed by atoms with Gasteiger partial charge in [-0.15, -0.1) is 0 Å². The summed E-state index contributed by atoms with van der Waals surface area (Å²) in [5.74, 6) is 0. The molecule has 1 amide bonds. The Morgan fingerprint density at radius 3 is 3.00 bits per heavy atom. The van der Waals surface area contributed by atoms with Crippen molar-refractivity contribution in [3.05, 3.63) is 12.0 Å². The highest BCUT2D eigenvalue weighted by Crippen LogP contribution is 2.19. The summed E-state index contributed by atoms with van der Waals surface area (Å²) in [5.41, 5.74) is 0.760. The molecule has 0 saturated carbocycles. The maximum Gasteiger partial charge on any atom is 0.411 e. The third-order valence-electron chi connectivity index (χ3n) is 1.90. The zero-order valence-corrected chi connectivity index (χ0v) is 7.12. The number of likely N-dealkylation sites (tertiary alicyclic amines) is 1. The van der Waals surface area contributed by atoms with E-state index in [1.807, 2.05) is 0 Å². The molecule has 0 aliphatic carbocycles. The molecular weight excluding hydrogens is 158 g/mol. The highest BCUT2D eigenvalue weighted by atomic mass is 16.5. The third-order valence-corrected chi connectivity index (χ3v) is 1.90. The van der Waals surface area contributed by atoms with E-state index in [0.717, 1.165) is 25.0 Å². The Labute approximate surface area is 71.4 Å². The van der Waals surface area contributed by atoms with Crippen LogP contribution in [0.1, 0.15) is 19.3 Å². The zero-order valence-electron chi connectivity index (χ0n) is 7.12. The quantitative estimate of drug-likeness (QED) is 0.610. The summed E-state index contributed by atoms with van der Waals surface area (Å²) in [6.07, 6.45) is 3.39. The van der Waals surface area contributed by atoms with E-state index in [1.54, 1.807) is 0 Å². The molecule has 1 aliphatic heterocycles. The molecule has 1 rings (SSSR count). The highest BCUT2D eigenvalue weighted by molar-refractivity contribution is 5.67. The van der Waals surface area contributed by atoms with Crippen LogP contribution in [0.2, 0.25) is 0 Å². The van der Waals surface area contributed by atoms with Crippen molar-refractivity contribution < 1.29 is 14.6 Å². The minimum atomic E-state index is -0.891. The van der Waals surface area contributed by atoms with E-state index in [-0.39, 0.29) is 0 Å². The third kappa shape index (κ3) is 1.90. The summed E-state index contributed by atoms with van der Waals surface area (Å²) < 4.78 is 4.79. The van der Waals surface area contributed by atoms with E-state index in [2.05, 4.69) is 0 Å². The molecule has 1 saturated heterocycles. The molecular formula is C8H13NO3. The topological polar surface area (TPSA) is 49.8 Å². The number of carbonyl (C=O) groups is 1. The van der Waals surface area contributed by atoms with Crippen LogP contribution in [-0.4, -0.2) is 29.8 Å². The lowest BCUT2D eigenvalue weighted by Gasteiger charge is -2.26. The van der Waals surface area contributed by atoms with Gasteiger partial charge in [0.1, 0.15) is 6.26 Å². The Bertz CT molecular complexity index is 200. The molecule has 1 heterocycles. The summed E-state index contributed by atoms with van der Waals surface area (Å²) in [7, 11) is 1.53. The molecule has 12 heavy (non-hydrogen) atoms. The van der Waals surface area contributed by atoms with Gasteiger partial charge in [0.25, 0.3) is 0 Å². The van der Waals surface area contributed by atoms with E-state index in [4.69, 9.17) is 9.84 Å². The van der Waals surface area contributed by atoms with Crippen LogP contribution in [-0.2, 0) is 4.74 Å². The fourth-order valence-electron chi connectivity index (χ4n) is 1.33. The van der Waals surface area contributed by atoms with E-state index in [0.29, 0.717) is 6.54 Å². The molecule has 0 radical (unpaired) electrons. The average Bonchev–Trinajstić information content (AvgIpc) is 2.05. The van der Waals surface area contributed by atoms with Crippen LogP contribution in [0.3, 0.4) is 0 Å². The first kappa shape index (κ1) is 8.90. The summed E-state index contributed by atoms with van der Waals surface area (Å²) in [6, 6.07) is 0. The number of hydrogen-bond donors (Lipinski definition) is 1. The standard InChI is InChI=1S/C8H13NO3/c1-12-6-7-4-2-3-5-9(7)8(10)11/h6H,2-5H2,1H3,(H,10,11). The van der Waals surface area contributed by atoms with Gasteiger partial charge in [-0.3, -0.25) is 4.90 Å². The molecule has 0 atom stereocenters. The van der Waals surface area contributed by atoms with Crippen molar-refractivity contribution in [2.24, 2.45) is 0 Å². The lowest BCUT2D eigenvalue weighted by molar-refractivity contribution is 0.148. The van der Waals surface area contributed by atoms with Crippen molar-refractivity contribution in [3.8, 4) is 0 Å². The summed E-state index contributed by atoms with van der Waals surface area (Å²) in [4.78, 5) is 12.0. The van der Waals surface area contributed by atoms with Gasteiger partial charge in [0.2, 0.25) is 0 Å². The largest absolute Gasteiger partial charge is 0.503 e. The molecule has 0 aromatic rings. The van der Waals surface area contributed by atoms with Gasteiger partial charge in [0.05, 0.1) is 12.8 Å². The number of piperidine rings is 1. The SMILES string of the molecule is COC=C1CCCCN1C(=O)O. The van der Waals surface area contributed by atoms with Gasteiger partial charge >= 0.3 is 6.09 Å². The highest BCUT2D eigenvalue weighted by Gasteiger charge is 2.20. The number of rotatable bonds is 1. The maximum atomic E-state index is 10.7. The van der Waals surface area contributed by atoms with Crippen LogP contribution < -0.4 is 0 Å². The van der Waals surface area contributed by atoms with Crippen molar-refractivity contribution in [3.63, 3.8) is 0 Å². The molecule has 0 bridgehead atoms. The molecule has 4 heteroatoms. The molecule has 0 aromatic heterocycles. The summed E-state index contributed by atoms with van der Waals surface area (Å²) in [6.45, 7) is 0.588. The number of amides is 1. The minimum Gasteiger partial charge on any atom is -0.503 e.